The molecular weight excluding hydrogens is 346 g/mol. The van der Waals surface area contributed by atoms with Crippen molar-refractivity contribution in [1.29, 1.82) is 0 Å². The predicted octanol–water partition coefficient (Wildman–Crippen LogP) is 6.68. The minimum atomic E-state index is 0.763. The van der Waals surface area contributed by atoms with Gasteiger partial charge >= 0.3 is 0 Å². The van der Waals surface area contributed by atoms with Crippen LogP contribution in [0.3, 0.4) is 0 Å². The molecule has 0 N–H and O–H groups in total. The number of hydrogen-bond donors (Lipinski definition) is 0. The number of benzene rings is 3. The number of nitrogens with zero attached hydrogens (tertiary/aromatic N) is 1. The van der Waals surface area contributed by atoms with E-state index < -0.39 is 0 Å². The number of methoxy groups -OCH3 is 1. The van der Waals surface area contributed by atoms with Gasteiger partial charge in [0.2, 0.25) is 0 Å². The van der Waals surface area contributed by atoms with Crippen molar-refractivity contribution < 1.29 is 9.47 Å². The van der Waals surface area contributed by atoms with Crippen LogP contribution in [0.5, 0.6) is 11.5 Å². The van der Waals surface area contributed by atoms with Crippen LogP contribution in [0.4, 0.5) is 5.69 Å². The van der Waals surface area contributed by atoms with E-state index in [4.69, 9.17) is 14.5 Å². The number of rotatable bonds is 8. The summed E-state index contributed by atoms with van der Waals surface area (Å²) in [6.45, 7) is 4.96. The van der Waals surface area contributed by atoms with Crippen molar-refractivity contribution in [3.63, 3.8) is 0 Å². The van der Waals surface area contributed by atoms with Gasteiger partial charge in [0.15, 0.2) is 0 Å². The summed E-state index contributed by atoms with van der Waals surface area (Å²) in [5.74, 6) is 1.76. The summed E-state index contributed by atoms with van der Waals surface area (Å²) in [6.07, 6.45) is 2.21. The fraction of sp³-hybridized carbons (Fsp3) is 0.240. The molecule has 0 aliphatic rings. The van der Waals surface area contributed by atoms with Crippen LogP contribution >= 0.6 is 0 Å². The van der Waals surface area contributed by atoms with Gasteiger partial charge in [-0.25, -0.2) is 0 Å². The molecule has 144 valence electrons. The molecule has 0 spiro atoms. The van der Waals surface area contributed by atoms with Gasteiger partial charge in [0.1, 0.15) is 11.5 Å². The summed E-state index contributed by atoms with van der Waals surface area (Å²) in [7, 11) is 1.68. The maximum atomic E-state index is 5.70. The molecule has 3 aromatic rings. The Balaban J connectivity index is 1.68. The first-order chi connectivity index (χ1) is 13.7. The first kappa shape index (κ1) is 19.7. The molecule has 0 saturated carbocycles. The first-order valence-corrected chi connectivity index (χ1v) is 9.72. The molecule has 3 rings (SSSR count). The number of ether oxygens (including phenoxy) is 2. The van der Waals surface area contributed by atoms with Gasteiger partial charge in [-0.3, -0.25) is 4.99 Å². The van der Waals surface area contributed by atoms with Crippen LogP contribution in [0.1, 0.15) is 32.3 Å². The standard InChI is InChI=1S/C25H27NO2/c1-4-5-18-28-25-16-12-23(13-17-25)26-19(2)20-6-8-21(9-7-20)22-10-14-24(27-3)15-11-22/h6-17H,4-5,18H2,1-3H3. The highest BCUT2D eigenvalue weighted by atomic mass is 16.5. The summed E-state index contributed by atoms with van der Waals surface area (Å²) >= 11 is 0. The van der Waals surface area contributed by atoms with Crippen molar-refractivity contribution >= 4 is 11.4 Å². The maximum Gasteiger partial charge on any atom is 0.119 e. The Hall–Kier alpha value is -3.07. The molecule has 0 bridgehead atoms. The van der Waals surface area contributed by atoms with Crippen molar-refractivity contribution in [3.05, 3.63) is 78.4 Å². The lowest BCUT2D eigenvalue weighted by Crippen LogP contribution is -1.96. The molecule has 0 amide bonds. The first-order valence-electron chi connectivity index (χ1n) is 9.72. The quantitative estimate of drug-likeness (QED) is 0.326. The summed E-state index contributed by atoms with van der Waals surface area (Å²) in [6, 6.07) is 24.5. The monoisotopic (exact) mass is 373 g/mol. The van der Waals surface area contributed by atoms with Crippen molar-refractivity contribution in [2.45, 2.75) is 26.7 Å². The van der Waals surface area contributed by atoms with Crippen molar-refractivity contribution in [3.8, 4) is 22.6 Å². The second-order valence-electron chi connectivity index (χ2n) is 6.70. The molecule has 0 heterocycles. The second kappa shape index (κ2) is 9.75. The molecule has 0 unspecified atom stereocenters. The third kappa shape index (κ3) is 5.23. The van der Waals surface area contributed by atoms with E-state index >= 15 is 0 Å². The Morgan fingerprint density at radius 3 is 1.93 bits per heavy atom. The highest BCUT2D eigenvalue weighted by molar-refractivity contribution is 6.00. The van der Waals surface area contributed by atoms with E-state index in [0.717, 1.165) is 47.9 Å². The fourth-order valence-electron chi connectivity index (χ4n) is 2.90. The van der Waals surface area contributed by atoms with Crippen LogP contribution in [0, 0.1) is 0 Å². The third-order valence-electron chi connectivity index (χ3n) is 4.63. The fourth-order valence-corrected chi connectivity index (χ4v) is 2.90. The van der Waals surface area contributed by atoms with Gasteiger partial charge in [-0.15, -0.1) is 0 Å². The van der Waals surface area contributed by atoms with Gasteiger partial charge in [-0.05, 0) is 66.4 Å². The van der Waals surface area contributed by atoms with E-state index in [9.17, 15) is 0 Å². The molecule has 3 aromatic carbocycles. The number of hydrogen-bond acceptors (Lipinski definition) is 3. The SMILES string of the molecule is CCCCOc1ccc(N=C(C)c2ccc(-c3ccc(OC)cc3)cc2)cc1. The summed E-state index contributed by atoms with van der Waals surface area (Å²) < 4.78 is 10.9. The highest BCUT2D eigenvalue weighted by Gasteiger charge is 2.02. The Kier molecular flexibility index (Phi) is 6.85. The van der Waals surface area contributed by atoms with E-state index in [1.165, 1.54) is 11.1 Å². The van der Waals surface area contributed by atoms with Gasteiger partial charge < -0.3 is 9.47 Å². The average Bonchev–Trinajstić information content (AvgIpc) is 2.75. The molecule has 0 aliphatic carbocycles. The topological polar surface area (TPSA) is 30.8 Å². The average molecular weight is 373 g/mol. The van der Waals surface area contributed by atoms with Crippen molar-refractivity contribution in [2.24, 2.45) is 4.99 Å². The molecule has 0 saturated heterocycles. The number of unbranched alkanes of at least 4 members (excludes halogenated alkanes) is 1. The minimum Gasteiger partial charge on any atom is -0.497 e. The third-order valence-corrected chi connectivity index (χ3v) is 4.63. The lowest BCUT2D eigenvalue weighted by Gasteiger charge is -2.07. The largest absolute Gasteiger partial charge is 0.497 e. The Bertz CT molecular complexity index is 895. The van der Waals surface area contributed by atoms with E-state index in [2.05, 4.69) is 43.3 Å². The molecule has 0 fully saturated rings. The molecule has 3 heteroatoms. The molecule has 0 atom stereocenters. The predicted molar refractivity (Wildman–Crippen MR) is 117 cm³/mol. The van der Waals surface area contributed by atoms with Crippen LogP contribution < -0.4 is 9.47 Å². The van der Waals surface area contributed by atoms with E-state index in [1.807, 2.05) is 43.3 Å². The molecule has 0 aliphatic heterocycles. The van der Waals surface area contributed by atoms with Crippen molar-refractivity contribution in [2.75, 3.05) is 13.7 Å². The smallest absolute Gasteiger partial charge is 0.119 e. The summed E-state index contributed by atoms with van der Waals surface area (Å²) in [5.41, 5.74) is 5.37. The van der Waals surface area contributed by atoms with Crippen LogP contribution in [-0.4, -0.2) is 19.4 Å². The Morgan fingerprint density at radius 2 is 1.36 bits per heavy atom. The molecular formula is C25H27NO2. The van der Waals surface area contributed by atoms with Gasteiger partial charge in [-0.2, -0.15) is 0 Å². The van der Waals surface area contributed by atoms with E-state index in [1.54, 1.807) is 7.11 Å². The van der Waals surface area contributed by atoms with Gasteiger partial charge in [0.05, 0.1) is 19.4 Å². The van der Waals surface area contributed by atoms with Gasteiger partial charge in [-0.1, -0.05) is 49.7 Å². The zero-order valence-electron chi connectivity index (χ0n) is 16.8. The van der Waals surface area contributed by atoms with Crippen molar-refractivity contribution in [1.82, 2.24) is 0 Å². The van der Waals surface area contributed by atoms with Crippen LogP contribution in [0.15, 0.2) is 77.8 Å². The van der Waals surface area contributed by atoms with Crippen LogP contribution in [0.2, 0.25) is 0 Å². The lowest BCUT2D eigenvalue weighted by atomic mass is 10.0. The number of aliphatic imine (C=N–C) groups is 1. The Morgan fingerprint density at radius 1 is 0.786 bits per heavy atom. The zero-order chi connectivity index (χ0) is 19.8. The second-order valence-corrected chi connectivity index (χ2v) is 6.70. The normalized spacial score (nSPS) is 11.3. The van der Waals surface area contributed by atoms with Crippen LogP contribution in [-0.2, 0) is 0 Å². The molecule has 28 heavy (non-hydrogen) atoms. The van der Waals surface area contributed by atoms with Gasteiger partial charge in [0.25, 0.3) is 0 Å². The summed E-state index contributed by atoms with van der Waals surface area (Å²) in [5, 5.41) is 0. The highest BCUT2D eigenvalue weighted by Crippen LogP contribution is 2.24. The Labute approximate surface area is 167 Å². The minimum absolute atomic E-state index is 0.763. The molecule has 0 aromatic heterocycles. The van der Waals surface area contributed by atoms with E-state index in [-0.39, 0.29) is 0 Å². The summed E-state index contributed by atoms with van der Waals surface area (Å²) in [4.78, 5) is 4.74. The lowest BCUT2D eigenvalue weighted by molar-refractivity contribution is 0.309. The zero-order valence-corrected chi connectivity index (χ0v) is 16.8. The van der Waals surface area contributed by atoms with Gasteiger partial charge in [0, 0.05) is 5.71 Å². The maximum absolute atomic E-state index is 5.70. The van der Waals surface area contributed by atoms with E-state index in [0.29, 0.717) is 0 Å². The van der Waals surface area contributed by atoms with Crippen LogP contribution in [0.25, 0.3) is 11.1 Å². The molecule has 0 radical (unpaired) electrons. The molecule has 3 nitrogen and oxygen atoms in total.